The maximum atomic E-state index is 12.4. The number of para-hydroxylation sites is 1. The van der Waals surface area contributed by atoms with E-state index in [4.69, 9.17) is 4.74 Å². The molecule has 0 saturated heterocycles. The average Bonchev–Trinajstić information content (AvgIpc) is 2.56. The summed E-state index contributed by atoms with van der Waals surface area (Å²) in [5.74, 6) is 0. The van der Waals surface area contributed by atoms with Crippen molar-refractivity contribution in [3.63, 3.8) is 0 Å². The number of carbonyl (C=O) groups excluding carboxylic acids is 1. The number of ether oxygens (including phenoxy) is 1. The van der Waals surface area contributed by atoms with Crippen LogP contribution in [0.15, 0.2) is 48.6 Å². The van der Waals surface area contributed by atoms with Gasteiger partial charge in [0, 0.05) is 0 Å². The molecule has 0 fully saturated rings. The fourth-order valence-corrected chi connectivity index (χ4v) is 2.15. The van der Waals surface area contributed by atoms with Crippen LogP contribution in [0.3, 0.4) is 0 Å². The highest BCUT2D eigenvalue weighted by Gasteiger charge is 2.26. The van der Waals surface area contributed by atoms with Gasteiger partial charge in [0.25, 0.3) is 0 Å². The highest BCUT2D eigenvalue weighted by Crippen LogP contribution is 2.27. The minimum atomic E-state index is -0.504. The van der Waals surface area contributed by atoms with E-state index in [1.54, 1.807) is 11.0 Å². The summed E-state index contributed by atoms with van der Waals surface area (Å²) in [5.41, 5.74) is 2.56. The molecule has 1 amide bonds. The molecule has 1 aromatic rings. The van der Waals surface area contributed by atoms with Crippen molar-refractivity contribution >= 4 is 11.8 Å². The summed E-state index contributed by atoms with van der Waals surface area (Å²) in [6.07, 6.45) is 4.38. The van der Waals surface area contributed by atoms with Crippen molar-refractivity contribution in [2.24, 2.45) is 0 Å². The molecule has 0 saturated carbocycles. The van der Waals surface area contributed by atoms with Crippen LogP contribution in [0.4, 0.5) is 10.5 Å². The highest BCUT2D eigenvalue weighted by molar-refractivity contribution is 5.90. The van der Waals surface area contributed by atoms with E-state index in [1.807, 2.05) is 45.0 Å². The maximum absolute atomic E-state index is 12.4. The molecule has 0 unspecified atom stereocenters. The summed E-state index contributed by atoms with van der Waals surface area (Å²) in [7, 11) is 0. The Labute approximate surface area is 120 Å². The van der Waals surface area contributed by atoms with Crippen LogP contribution >= 0.6 is 0 Å². The number of carbonyl (C=O) groups is 1. The van der Waals surface area contributed by atoms with Crippen LogP contribution < -0.4 is 4.90 Å². The molecule has 1 aliphatic heterocycles. The van der Waals surface area contributed by atoms with Gasteiger partial charge in [0.05, 0.1) is 12.2 Å². The van der Waals surface area contributed by atoms with Gasteiger partial charge in [-0.1, -0.05) is 36.9 Å². The third-order valence-electron chi connectivity index (χ3n) is 3.08. The maximum Gasteiger partial charge on any atom is 0.415 e. The molecule has 0 aliphatic carbocycles. The summed E-state index contributed by atoms with van der Waals surface area (Å²) in [5, 5.41) is 0. The summed E-state index contributed by atoms with van der Waals surface area (Å²) in [6.45, 7) is 9.93. The van der Waals surface area contributed by atoms with Gasteiger partial charge in [0.1, 0.15) is 5.60 Å². The smallest absolute Gasteiger partial charge is 0.415 e. The predicted molar refractivity (Wildman–Crippen MR) is 82.0 cm³/mol. The highest BCUT2D eigenvalue weighted by atomic mass is 16.6. The largest absolute Gasteiger partial charge is 0.443 e. The first-order chi connectivity index (χ1) is 9.40. The molecular formula is C17H21NO2. The standard InChI is InChI=1S/C17H21NO2/c1-5-13-10-11-14-8-6-7-9-15(14)18(12-13)16(19)20-17(2,3)4/h5-10H,1,11-12H2,2-4H3. The zero-order chi connectivity index (χ0) is 14.8. The van der Waals surface area contributed by atoms with E-state index >= 15 is 0 Å². The first kappa shape index (κ1) is 14.4. The third-order valence-corrected chi connectivity index (χ3v) is 3.08. The first-order valence-corrected chi connectivity index (χ1v) is 6.80. The van der Waals surface area contributed by atoms with Crippen LogP contribution in [-0.2, 0) is 11.2 Å². The minimum absolute atomic E-state index is 0.320. The summed E-state index contributed by atoms with van der Waals surface area (Å²) < 4.78 is 5.51. The Hall–Kier alpha value is -2.03. The van der Waals surface area contributed by atoms with Crippen LogP contribution in [-0.4, -0.2) is 18.2 Å². The molecular weight excluding hydrogens is 250 g/mol. The first-order valence-electron chi connectivity index (χ1n) is 6.80. The Balaban J connectivity index is 2.36. The van der Waals surface area contributed by atoms with Crippen LogP contribution in [0.25, 0.3) is 0 Å². The Morgan fingerprint density at radius 1 is 1.35 bits per heavy atom. The lowest BCUT2D eigenvalue weighted by Crippen LogP contribution is -2.38. The molecule has 3 heteroatoms. The van der Waals surface area contributed by atoms with Crippen LogP contribution in [0.1, 0.15) is 26.3 Å². The van der Waals surface area contributed by atoms with Gasteiger partial charge in [-0.15, -0.1) is 0 Å². The SMILES string of the molecule is C=CC1=CCc2ccccc2N(C(=O)OC(C)(C)C)C1. The molecule has 1 aliphatic rings. The number of benzene rings is 1. The molecule has 1 aromatic carbocycles. The second kappa shape index (κ2) is 5.53. The fourth-order valence-electron chi connectivity index (χ4n) is 2.15. The number of nitrogens with zero attached hydrogens (tertiary/aromatic N) is 1. The lowest BCUT2D eigenvalue weighted by Gasteiger charge is -2.28. The second-order valence-corrected chi connectivity index (χ2v) is 5.88. The predicted octanol–water partition coefficient (Wildman–Crippen LogP) is 4.10. The van der Waals surface area contributed by atoms with Crippen molar-refractivity contribution in [3.8, 4) is 0 Å². The van der Waals surface area contributed by atoms with E-state index in [0.29, 0.717) is 6.54 Å². The molecule has 0 bridgehead atoms. The summed E-state index contributed by atoms with van der Waals surface area (Å²) in [4.78, 5) is 14.1. The van der Waals surface area contributed by atoms with Gasteiger partial charge in [0.2, 0.25) is 0 Å². The van der Waals surface area contributed by atoms with Gasteiger partial charge in [0.15, 0.2) is 0 Å². The summed E-state index contributed by atoms with van der Waals surface area (Å²) >= 11 is 0. The topological polar surface area (TPSA) is 29.5 Å². The Kier molecular flexibility index (Phi) is 3.98. The molecule has 0 radical (unpaired) electrons. The van der Waals surface area contributed by atoms with E-state index in [9.17, 15) is 4.79 Å². The molecule has 0 N–H and O–H groups in total. The van der Waals surface area contributed by atoms with Crippen LogP contribution in [0.5, 0.6) is 0 Å². The van der Waals surface area contributed by atoms with Crippen molar-refractivity contribution in [2.45, 2.75) is 32.8 Å². The molecule has 1 heterocycles. The Bertz CT molecular complexity index is 552. The monoisotopic (exact) mass is 271 g/mol. The van der Waals surface area contributed by atoms with Gasteiger partial charge in [-0.2, -0.15) is 0 Å². The fraction of sp³-hybridized carbons (Fsp3) is 0.353. The average molecular weight is 271 g/mol. The van der Waals surface area contributed by atoms with Crippen molar-refractivity contribution in [2.75, 3.05) is 11.4 Å². The van der Waals surface area contributed by atoms with Crippen molar-refractivity contribution in [1.82, 2.24) is 0 Å². The number of hydrogen-bond acceptors (Lipinski definition) is 2. The van der Waals surface area contributed by atoms with Crippen LogP contribution in [0.2, 0.25) is 0 Å². The van der Waals surface area contributed by atoms with Gasteiger partial charge < -0.3 is 4.74 Å². The lowest BCUT2D eigenvalue weighted by molar-refractivity contribution is 0.0583. The Morgan fingerprint density at radius 3 is 2.70 bits per heavy atom. The zero-order valence-electron chi connectivity index (χ0n) is 12.3. The normalized spacial score (nSPS) is 14.9. The number of allylic oxidation sites excluding steroid dienone is 1. The van der Waals surface area contributed by atoms with E-state index in [-0.39, 0.29) is 6.09 Å². The zero-order valence-corrected chi connectivity index (χ0v) is 12.3. The quantitative estimate of drug-likeness (QED) is 0.769. The third kappa shape index (κ3) is 3.29. The van der Waals surface area contributed by atoms with Gasteiger partial charge in [-0.3, -0.25) is 4.90 Å². The van der Waals surface area contributed by atoms with Crippen molar-refractivity contribution < 1.29 is 9.53 Å². The number of fused-ring (bicyclic) bond motifs is 1. The number of hydrogen-bond donors (Lipinski definition) is 0. The number of amides is 1. The molecule has 3 nitrogen and oxygen atoms in total. The molecule has 0 spiro atoms. The van der Waals surface area contributed by atoms with Gasteiger partial charge in [-0.05, 0) is 44.4 Å². The van der Waals surface area contributed by atoms with E-state index < -0.39 is 5.60 Å². The molecule has 20 heavy (non-hydrogen) atoms. The second-order valence-electron chi connectivity index (χ2n) is 5.88. The van der Waals surface area contributed by atoms with E-state index in [2.05, 4.69) is 12.7 Å². The van der Waals surface area contributed by atoms with Crippen molar-refractivity contribution in [3.05, 3.63) is 54.1 Å². The number of anilines is 1. The summed E-state index contributed by atoms with van der Waals surface area (Å²) in [6, 6.07) is 7.92. The van der Waals surface area contributed by atoms with Gasteiger partial charge in [-0.25, -0.2) is 4.79 Å². The molecule has 106 valence electrons. The van der Waals surface area contributed by atoms with Gasteiger partial charge >= 0.3 is 6.09 Å². The molecule has 0 atom stereocenters. The number of rotatable bonds is 1. The minimum Gasteiger partial charge on any atom is -0.443 e. The molecule has 2 rings (SSSR count). The van der Waals surface area contributed by atoms with E-state index in [0.717, 1.165) is 23.2 Å². The Morgan fingerprint density at radius 2 is 2.05 bits per heavy atom. The van der Waals surface area contributed by atoms with Crippen molar-refractivity contribution in [1.29, 1.82) is 0 Å². The molecule has 0 aromatic heterocycles. The van der Waals surface area contributed by atoms with Crippen LogP contribution in [0, 0.1) is 0 Å². The van der Waals surface area contributed by atoms with E-state index in [1.165, 1.54) is 0 Å². The lowest BCUT2D eigenvalue weighted by atomic mass is 10.1.